The van der Waals surface area contributed by atoms with Crippen LogP contribution in [0.2, 0.25) is 0 Å². The molecule has 6 nitrogen and oxygen atoms in total. The Morgan fingerprint density at radius 2 is 1.89 bits per heavy atom. The quantitative estimate of drug-likeness (QED) is 0.577. The van der Waals surface area contributed by atoms with Gasteiger partial charge in [0.1, 0.15) is 6.07 Å². The van der Waals surface area contributed by atoms with Crippen LogP contribution in [-0.4, -0.2) is 45.4 Å². The fraction of sp³-hybridized carbons (Fsp3) is 0.500. The van der Waals surface area contributed by atoms with Crippen LogP contribution in [0, 0.1) is 11.3 Å². The summed E-state index contributed by atoms with van der Waals surface area (Å²) >= 11 is 5.58. The molecule has 2 unspecified atom stereocenters. The number of hydrogen-bond acceptors (Lipinski definition) is 5. The number of nitriles is 1. The molecule has 1 aliphatic heterocycles. The Kier molecular flexibility index (Phi) is 3.86. The average Bonchev–Trinajstić information content (AvgIpc) is 2.37. The van der Waals surface area contributed by atoms with Gasteiger partial charge in [-0.1, -0.05) is 0 Å². The number of aromatic nitrogens is 2. The highest BCUT2D eigenvalue weighted by atomic mass is 35.5. The number of rotatable bonds is 1. The maximum Gasteiger partial charge on any atom is 0.316 e. The van der Waals surface area contributed by atoms with E-state index >= 15 is 0 Å². The topological polar surface area (TPSA) is 73.1 Å². The first-order valence-corrected chi connectivity index (χ1v) is 6.35. The summed E-state index contributed by atoms with van der Waals surface area (Å²) in [6, 6.07) is 1.97. The van der Waals surface area contributed by atoms with Crippen molar-refractivity contribution in [2.75, 3.05) is 18.0 Å². The summed E-state index contributed by atoms with van der Waals surface area (Å²) < 4.78 is 0. The highest BCUT2D eigenvalue weighted by molar-refractivity contribution is 6.62. The van der Waals surface area contributed by atoms with Crippen molar-refractivity contribution >= 4 is 22.9 Å². The van der Waals surface area contributed by atoms with Crippen molar-refractivity contribution in [1.82, 2.24) is 14.9 Å². The van der Waals surface area contributed by atoms with E-state index in [9.17, 15) is 4.79 Å². The van der Waals surface area contributed by atoms with Crippen LogP contribution in [0.25, 0.3) is 0 Å². The molecule has 1 fully saturated rings. The molecule has 2 atom stereocenters. The summed E-state index contributed by atoms with van der Waals surface area (Å²) in [5, 5.41) is 8.29. The van der Waals surface area contributed by atoms with Gasteiger partial charge in [-0.25, -0.2) is 9.97 Å². The van der Waals surface area contributed by atoms with Gasteiger partial charge in [-0.15, -0.1) is 0 Å². The molecule has 1 amide bonds. The second-order valence-electron chi connectivity index (χ2n) is 4.65. The number of halogens is 1. The molecule has 1 aromatic heterocycles. The molecule has 7 heteroatoms. The zero-order chi connectivity index (χ0) is 14.0. The molecule has 19 heavy (non-hydrogen) atoms. The number of anilines is 1. The zero-order valence-electron chi connectivity index (χ0n) is 10.7. The summed E-state index contributed by atoms with van der Waals surface area (Å²) in [4.78, 5) is 23.3. The third-order valence-corrected chi connectivity index (χ3v) is 3.37. The molecule has 100 valence electrons. The van der Waals surface area contributed by atoms with Crippen molar-refractivity contribution < 1.29 is 4.79 Å². The number of piperazine rings is 1. The maximum absolute atomic E-state index is 11.4. The van der Waals surface area contributed by atoms with Gasteiger partial charge in [0.05, 0.1) is 18.0 Å². The van der Waals surface area contributed by atoms with Gasteiger partial charge in [0.2, 0.25) is 5.95 Å². The van der Waals surface area contributed by atoms with E-state index in [1.165, 1.54) is 12.4 Å². The number of amides is 1. The lowest BCUT2D eigenvalue weighted by Gasteiger charge is -2.43. The Morgan fingerprint density at radius 3 is 2.32 bits per heavy atom. The first-order valence-electron chi connectivity index (χ1n) is 5.97. The van der Waals surface area contributed by atoms with E-state index in [0.717, 1.165) is 0 Å². The van der Waals surface area contributed by atoms with Crippen molar-refractivity contribution in [2.45, 2.75) is 25.9 Å². The molecular formula is C12H14ClN5O. The number of nitrogens with zero attached hydrogens (tertiary/aromatic N) is 5. The van der Waals surface area contributed by atoms with Crippen molar-refractivity contribution in [1.29, 1.82) is 5.26 Å². The van der Waals surface area contributed by atoms with E-state index in [-0.39, 0.29) is 12.1 Å². The molecule has 0 N–H and O–H groups in total. The second kappa shape index (κ2) is 5.41. The summed E-state index contributed by atoms with van der Waals surface area (Å²) in [7, 11) is 0. The molecule has 2 rings (SSSR count). The average molecular weight is 280 g/mol. The standard InChI is InChI=1S/C12H14ClN5O/c1-8-6-17(7-9(2)18(8)11(13)19)12-15-4-10(3-14)5-16-12/h4-5,8-9H,6-7H2,1-2H3. The summed E-state index contributed by atoms with van der Waals surface area (Å²) in [5.41, 5.74) is 0.430. The van der Waals surface area contributed by atoms with Gasteiger partial charge < -0.3 is 9.80 Å². The first kappa shape index (κ1) is 13.6. The van der Waals surface area contributed by atoms with Gasteiger partial charge in [-0.3, -0.25) is 4.79 Å². The number of carbonyl (C=O) groups excluding carboxylic acids is 1. The Morgan fingerprint density at radius 1 is 1.37 bits per heavy atom. The molecule has 1 aliphatic rings. The Bertz CT molecular complexity index is 500. The molecule has 2 heterocycles. The van der Waals surface area contributed by atoms with Gasteiger partial charge in [-0.05, 0) is 25.4 Å². The third kappa shape index (κ3) is 2.76. The first-order chi connectivity index (χ1) is 9.02. The van der Waals surface area contributed by atoms with Crippen LogP contribution in [0.3, 0.4) is 0 Å². The van der Waals surface area contributed by atoms with Crippen LogP contribution in [0.5, 0.6) is 0 Å². The van der Waals surface area contributed by atoms with E-state index in [2.05, 4.69) is 9.97 Å². The normalized spacial score (nSPS) is 23.1. The van der Waals surface area contributed by atoms with Crippen molar-refractivity contribution in [3.05, 3.63) is 18.0 Å². The number of carbonyl (C=O) groups is 1. The molecular weight excluding hydrogens is 266 g/mol. The van der Waals surface area contributed by atoms with Crippen LogP contribution in [-0.2, 0) is 0 Å². The number of hydrogen-bond donors (Lipinski definition) is 0. The predicted octanol–water partition coefficient (Wildman–Crippen LogP) is 1.61. The van der Waals surface area contributed by atoms with Gasteiger partial charge in [0, 0.05) is 25.2 Å². The molecule has 1 aromatic rings. The molecule has 0 aromatic carbocycles. The Labute approximate surface area is 116 Å². The molecule has 0 spiro atoms. The Hall–Kier alpha value is -1.87. The van der Waals surface area contributed by atoms with Crippen molar-refractivity contribution in [3.8, 4) is 6.07 Å². The minimum atomic E-state index is -0.430. The minimum Gasteiger partial charge on any atom is -0.337 e. The van der Waals surface area contributed by atoms with E-state index in [1.807, 2.05) is 24.8 Å². The fourth-order valence-corrected chi connectivity index (χ4v) is 2.71. The van der Waals surface area contributed by atoms with Crippen LogP contribution < -0.4 is 4.90 Å². The summed E-state index contributed by atoms with van der Waals surface area (Å²) in [6.07, 6.45) is 2.99. The van der Waals surface area contributed by atoms with Crippen LogP contribution in [0.15, 0.2) is 12.4 Å². The molecule has 1 saturated heterocycles. The van der Waals surface area contributed by atoms with E-state index in [0.29, 0.717) is 24.6 Å². The van der Waals surface area contributed by atoms with Gasteiger partial charge in [-0.2, -0.15) is 5.26 Å². The zero-order valence-corrected chi connectivity index (χ0v) is 11.5. The van der Waals surface area contributed by atoms with E-state index in [4.69, 9.17) is 16.9 Å². The highest BCUT2D eigenvalue weighted by Crippen LogP contribution is 2.20. The highest BCUT2D eigenvalue weighted by Gasteiger charge is 2.32. The maximum atomic E-state index is 11.4. The van der Waals surface area contributed by atoms with Crippen LogP contribution >= 0.6 is 11.6 Å². The van der Waals surface area contributed by atoms with Crippen LogP contribution in [0.4, 0.5) is 10.7 Å². The van der Waals surface area contributed by atoms with Gasteiger partial charge >= 0.3 is 5.37 Å². The molecule has 0 aliphatic carbocycles. The minimum absolute atomic E-state index is 0.00649. The lowest BCUT2D eigenvalue weighted by molar-refractivity contribution is 0.162. The smallest absolute Gasteiger partial charge is 0.316 e. The lowest BCUT2D eigenvalue weighted by atomic mass is 10.1. The van der Waals surface area contributed by atoms with Crippen molar-refractivity contribution in [3.63, 3.8) is 0 Å². The van der Waals surface area contributed by atoms with E-state index < -0.39 is 5.37 Å². The lowest BCUT2D eigenvalue weighted by Crippen LogP contribution is -2.57. The van der Waals surface area contributed by atoms with Crippen molar-refractivity contribution in [2.24, 2.45) is 0 Å². The second-order valence-corrected chi connectivity index (χ2v) is 4.97. The largest absolute Gasteiger partial charge is 0.337 e. The fourth-order valence-electron chi connectivity index (χ4n) is 2.37. The van der Waals surface area contributed by atoms with Gasteiger partial charge in [0.25, 0.3) is 0 Å². The SMILES string of the molecule is CC1CN(c2ncc(C#N)cn2)CC(C)N1C(=O)Cl. The van der Waals surface area contributed by atoms with E-state index in [1.54, 1.807) is 4.90 Å². The molecule has 0 radical (unpaired) electrons. The third-order valence-electron chi connectivity index (χ3n) is 3.17. The predicted molar refractivity (Wildman–Crippen MR) is 71.0 cm³/mol. The summed E-state index contributed by atoms with van der Waals surface area (Å²) in [5.74, 6) is 0.569. The Balaban J connectivity index is 2.15. The van der Waals surface area contributed by atoms with Crippen LogP contribution in [0.1, 0.15) is 19.4 Å². The monoisotopic (exact) mass is 279 g/mol. The molecule has 0 saturated carbocycles. The molecule has 0 bridgehead atoms. The van der Waals surface area contributed by atoms with Gasteiger partial charge in [0.15, 0.2) is 0 Å². The summed E-state index contributed by atoms with van der Waals surface area (Å²) in [6.45, 7) is 5.11.